The summed E-state index contributed by atoms with van der Waals surface area (Å²) in [4.78, 5) is 23.4. The van der Waals surface area contributed by atoms with Gasteiger partial charge in [0, 0.05) is 43.3 Å². The summed E-state index contributed by atoms with van der Waals surface area (Å²) in [6.45, 7) is 6.04. The molecule has 0 atom stereocenters. The van der Waals surface area contributed by atoms with E-state index in [-0.39, 0.29) is 17.2 Å². The molecule has 0 radical (unpaired) electrons. The van der Waals surface area contributed by atoms with Crippen molar-refractivity contribution in [2.24, 2.45) is 0 Å². The number of likely N-dealkylation sites (N-methyl/N-ethyl adjacent to an activating group) is 1. The van der Waals surface area contributed by atoms with Crippen molar-refractivity contribution in [3.63, 3.8) is 0 Å². The molecule has 1 amide bonds. The zero-order valence-electron chi connectivity index (χ0n) is 17.7. The molecule has 164 valence electrons. The molecule has 0 unspecified atom stereocenters. The highest BCUT2D eigenvalue weighted by Gasteiger charge is 2.27. The number of carbonyl (C=O) groups excluding carboxylic acids is 1. The first-order valence-electron chi connectivity index (χ1n) is 10.0. The molecule has 1 saturated heterocycles. The average molecular weight is 444 g/mol. The molecule has 1 fully saturated rings. The van der Waals surface area contributed by atoms with Gasteiger partial charge in [-0.3, -0.25) is 4.79 Å². The molecular formula is C20H25N7O3S. The summed E-state index contributed by atoms with van der Waals surface area (Å²) >= 11 is 0. The number of rotatable bonds is 5. The van der Waals surface area contributed by atoms with Crippen LogP contribution in [0.25, 0.3) is 5.78 Å². The Morgan fingerprint density at radius 2 is 1.84 bits per heavy atom. The monoisotopic (exact) mass is 443 g/mol. The summed E-state index contributed by atoms with van der Waals surface area (Å²) in [5.41, 5.74) is 2.12. The number of amides is 1. The molecule has 1 aliphatic rings. The summed E-state index contributed by atoms with van der Waals surface area (Å²) in [7, 11) is -1.64. The number of piperazine rings is 1. The predicted molar refractivity (Wildman–Crippen MR) is 115 cm³/mol. The lowest BCUT2D eigenvalue weighted by Crippen LogP contribution is -2.47. The van der Waals surface area contributed by atoms with E-state index in [1.54, 1.807) is 22.7 Å². The molecule has 3 heterocycles. The largest absolute Gasteiger partial charge is 0.326 e. The molecule has 2 aromatic heterocycles. The SMILES string of the molecule is Cc1cc(C)n2nc(CC(=O)Nc3cccc(S(=O)(=O)N4CCN(C)CC4)c3)nc2n1. The number of hydrogen-bond acceptors (Lipinski definition) is 7. The summed E-state index contributed by atoms with van der Waals surface area (Å²) in [6.07, 6.45) is -0.0444. The van der Waals surface area contributed by atoms with Crippen molar-refractivity contribution in [1.82, 2.24) is 28.8 Å². The van der Waals surface area contributed by atoms with Crippen molar-refractivity contribution in [3.05, 3.63) is 47.5 Å². The molecule has 4 rings (SSSR count). The first-order chi connectivity index (χ1) is 14.7. The van der Waals surface area contributed by atoms with E-state index in [9.17, 15) is 13.2 Å². The molecule has 0 saturated carbocycles. The fourth-order valence-corrected chi connectivity index (χ4v) is 5.01. The molecule has 0 aliphatic carbocycles. The summed E-state index contributed by atoms with van der Waals surface area (Å²) in [5, 5.41) is 7.08. The zero-order valence-corrected chi connectivity index (χ0v) is 18.6. The van der Waals surface area contributed by atoms with Gasteiger partial charge in [0.25, 0.3) is 5.78 Å². The lowest BCUT2D eigenvalue weighted by atomic mass is 10.3. The van der Waals surface area contributed by atoms with E-state index >= 15 is 0 Å². The number of benzene rings is 1. The number of nitrogens with zero attached hydrogens (tertiary/aromatic N) is 6. The van der Waals surface area contributed by atoms with Gasteiger partial charge in [0.15, 0.2) is 5.82 Å². The van der Waals surface area contributed by atoms with E-state index in [0.717, 1.165) is 11.4 Å². The molecular weight excluding hydrogens is 418 g/mol. The maximum atomic E-state index is 12.9. The van der Waals surface area contributed by atoms with Gasteiger partial charge in [0.1, 0.15) is 0 Å². The second kappa shape index (κ2) is 8.33. The van der Waals surface area contributed by atoms with Crippen molar-refractivity contribution in [3.8, 4) is 0 Å². The number of aryl methyl sites for hydroxylation is 2. The Hall–Kier alpha value is -2.89. The van der Waals surface area contributed by atoms with Crippen molar-refractivity contribution >= 4 is 27.4 Å². The predicted octanol–water partition coefficient (Wildman–Crippen LogP) is 0.858. The van der Waals surface area contributed by atoms with Crippen molar-refractivity contribution in [2.75, 3.05) is 38.5 Å². The standard InChI is InChI=1S/C20H25N7O3S/c1-14-11-15(2)27-20(21-14)23-18(24-27)13-19(28)22-16-5-4-6-17(12-16)31(29,30)26-9-7-25(3)8-10-26/h4-6,11-12H,7-10,13H2,1-3H3,(H,22,28). The fourth-order valence-electron chi connectivity index (χ4n) is 3.54. The number of carbonyl (C=O) groups is 1. The number of nitrogens with one attached hydrogen (secondary N) is 1. The van der Waals surface area contributed by atoms with Gasteiger partial charge in [0.05, 0.1) is 11.3 Å². The Bertz CT molecular complexity index is 1230. The number of anilines is 1. The number of hydrogen-bond donors (Lipinski definition) is 1. The van der Waals surface area contributed by atoms with Gasteiger partial charge in [-0.2, -0.15) is 9.29 Å². The Labute approximate surface area is 181 Å². The number of sulfonamides is 1. The van der Waals surface area contributed by atoms with Crippen LogP contribution in [-0.2, 0) is 21.2 Å². The molecule has 11 heteroatoms. The second-order valence-corrected chi connectivity index (χ2v) is 9.68. The van der Waals surface area contributed by atoms with Gasteiger partial charge in [-0.25, -0.2) is 17.9 Å². The molecule has 3 aromatic rings. The molecule has 1 aromatic carbocycles. The van der Waals surface area contributed by atoms with Crippen LogP contribution in [0, 0.1) is 13.8 Å². The van der Waals surface area contributed by atoms with Gasteiger partial charge < -0.3 is 10.2 Å². The number of aromatic nitrogens is 4. The third-order valence-electron chi connectivity index (χ3n) is 5.20. The van der Waals surface area contributed by atoms with Crippen LogP contribution in [0.2, 0.25) is 0 Å². The van der Waals surface area contributed by atoms with Crippen LogP contribution >= 0.6 is 0 Å². The molecule has 10 nitrogen and oxygen atoms in total. The highest BCUT2D eigenvalue weighted by molar-refractivity contribution is 7.89. The lowest BCUT2D eigenvalue weighted by Gasteiger charge is -2.31. The Balaban J connectivity index is 1.47. The van der Waals surface area contributed by atoms with Gasteiger partial charge in [-0.1, -0.05) is 6.07 Å². The number of fused-ring (bicyclic) bond motifs is 1. The zero-order chi connectivity index (χ0) is 22.2. The molecule has 0 spiro atoms. The minimum atomic E-state index is -3.61. The van der Waals surface area contributed by atoms with Gasteiger partial charge in [-0.15, -0.1) is 5.10 Å². The average Bonchev–Trinajstić information content (AvgIpc) is 3.11. The quantitative estimate of drug-likeness (QED) is 0.622. The molecule has 1 aliphatic heterocycles. The Morgan fingerprint density at radius 3 is 2.58 bits per heavy atom. The third kappa shape index (κ3) is 4.58. The summed E-state index contributed by atoms with van der Waals surface area (Å²) in [5.74, 6) is 0.458. The Kier molecular flexibility index (Phi) is 5.73. The van der Waals surface area contributed by atoms with Crippen LogP contribution in [-0.4, -0.2) is 76.3 Å². The van der Waals surface area contributed by atoms with Gasteiger partial charge in [0.2, 0.25) is 15.9 Å². The van der Waals surface area contributed by atoms with Crippen molar-refractivity contribution in [2.45, 2.75) is 25.2 Å². The first kappa shape index (κ1) is 21.3. The van der Waals surface area contributed by atoms with Crippen LogP contribution < -0.4 is 5.32 Å². The topological polar surface area (TPSA) is 113 Å². The highest BCUT2D eigenvalue weighted by Crippen LogP contribution is 2.21. The van der Waals surface area contributed by atoms with Crippen LogP contribution in [0.15, 0.2) is 35.2 Å². The summed E-state index contributed by atoms with van der Waals surface area (Å²) < 4.78 is 29.0. The van der Waals surface area contributed by atoms with Gasteiger partial charge >= 0.3 is 0 Å². The van der Waals surface area contributed by atoms with Gasteiger partial charge in [-0.05, 0) is 45.2 Å². The maximum absolute atomic E-state index is 12.9. The first-order valence-corrected chi connectivity index (χ1v) is 11.4. The lowest BCUT2D eigenvalue weighted by molar-refractivity contribution is -0.115. The highest BCUT2D eigenvalue weighted by atomic mass is 32.2. The van der Waals surface area contributed by atoms with E-state index in [0.29, 0.717) is 43.5 Å². The normalized spacial score (nSPS) is 16.0. The van der Waals surface area contributed by atoms with Crippen LogP contribution in [0.3, 0.4) is 0 Å². The Morgan fingerprint density at radius 1 is 1.10 bits per heavy atom. The van der Waals surface area contributed by atoms with E-state index < -0.39 is 10.0 Å². The minimum absolute atomic E-state index is 0.0444. The van der Waals surface area contributed by atoms with Crippen LogP contribution in [0.4, 0.5) is 5.69 Å². The molecule has 0 bridgehead atoms. The van der Waals surface area contributed by atoms with E-state index in [1.807, 2.05) is 27.0 Å². The van der Waals surface area contributed by atoms with E-state index in [4.69, 9.17) is 0 Å². The summed E-state index contributed by atoms with van der Waals surface area (Å²) in [6, 6.07) is 8.20. The fraction of sp³-hybridized carbons (Fsp3) is 0.400. The van der Waals surface area contributed by atoms with Crippen LogP contribution in [0.5, 0.6) is 0 Å². The van der Waals surface area contributed by atoms with Crippen LogP contribution in [0.1, 0.15) is 17.2 Å². The smallest absolute Gasteiger partial charge is 0.252 e. The van der Waals surface area contributed by atoms with E-state index in [1.165, 1.54) is 10.4 Å². The second-order valence-electron chi connectivity index (χ2n) is 7.74. The van der Waals surface area contributed by atoms with E-state index in [2.05, 4.69) is 25.3 Å². The minimum Gasteiger partial charge on any atom is -0.326 e. The molecule has 1 N–H and O–H groups in total. The molecule has 31 heavy (non-hydrogen) atoms. The van der Waals surface area contributed by atoms with Crippen molar-refractivity contribution in [1.29, 1.82) is 0 Å². The maximum Gasteiger partial charge on any atom is 0.252 e. The third-order valence-corrected chi connectivity index (χ3v) is 7.09. The van der Waals surface area contributed by atoms with Crippen molar-refractivity contribution < 1.29 is 13.2 Å².